The number of aliphatic imine (C=N–C) groups is 1. The fourth-order valence-corrected chi connectivity index (χ4v) is 3.96. The zero-order chi connectivity index (χ0) is 24.9. The Morgan fingerprint density at radius 2 is 1.62 bits per heavy atom. The maximum absolute atomic E-state index is 13.2. The predicted octanol–water partition coefficient (Wildman–Crippen LogP) is 0.0484. The molecular formula is C24H39N7O3. The van der Waals surface area contributed by atoms with Crippen LogP contribution in [0.25, 0.3) is 0 Å². The van der Waals surface area contributed by atoms with Gasteiger partial charge in [-0.15, -0.1) is 0 Å². The molecule has 1 aliphatic rings. The highest BCUT2D eigenvalue weighted by Gasteiger charge is 2.29. The highest BCUT2D eigenvalue weighted by atomic mass is 16.2. The van der Waals surface area contributed by atoms with Crippen LogP contribution in [0.1, 0.15) is 57.4 Å². The van der Waals surface area contributed by atoms with Crippen LogP contribution in [0.5, 0.6) is 0 Å². The SMILES string of the molecule is C[C@H](N)C(=O)N[C@@H](CCCN=C(N)N)C(=O)N[C@@H](Cc1ccccc1)C(=O)NC1CCCCC1. The fourth-order valence-electron chi connectivity index (χ4n) is 3.96. The fraction of sp³-hybridized carbons (Fsp3) is 0.583. The second kappa shape index (κ2) is 14.2. The van der Waals surface area contributed by atoms with E-state index in [1.165, 1.54) is 6.42 Å². The Labute approximate surface area is 201 Å². The summed E-state index contributed by atoms with van der Waals surface area (Å²) in [5.41, 5.74) is 17.3. The summed E-state index contributed by atoms with van der Waals surface area (Å²) in [5, 5.41) is 8.63. The Morgan fingerprint density at radius 1 is 0.971 bits per heavy atom. The van der Waals surface area contributed by atoms with Crippen molar-refractivity contribution >= 4 is 23.7 Å². The molecule has 9 N–H and O–H groups in total. The van der Waals surface area contributed by atoms with E-state index in [4.69, 9.17) is 17.2 Å². The van der Waals surface area contributed by atoms with E-state index in [9.17, 15) is 14.4 Å². The molecule has 1 aliphatic carbocycles. The standard InChI is InChI=1S/C24H39N7O3/c1-16(25)21(32)30-19(13-8-14-28-24(26)27)22(33)31-20(15-17-9-4-2-5-10-17)23(34)29-18-11-6-3-7-12-18/h2,4-5,9-10,16,18-20H,3,6-8,11-15,25H2,1H3,(H,29,34)(H,30,32)(H,31,33)(H4,26,27,28)/t16-,19-,20-/m0/s1. The van der Waals surface area contributed by atoms with Crippen molar-refractivity contribution in [1.82, 2.24) is 16.0 Å². The van der Waals surface area contributed by atoms with Crippen LogP contribution in [0.4, 0.5) is 0 Å². The van der Waals surface area contributed by atoms with Gasteiger partial charge in [0.05, 0.1) is 6.04 Å². The van der Waals surface area contributed by atoms with Crippen LogP contribution in [-0.2, 0) is 20.8 Å². The molecule has 1 saturated carbocycles. The summed E-state index contributed by atoms with van der Waals surface area (Å²) in [6, 6.07) is 7.21. The third-order valence-corrected chi connectivity index (χ3v) is 5.86. The molecule has 1 aromatic carbocycles. The minimum atomic E-state index is -0.867. The summed E-state index contributed by atoms with van der Waals surface area (Å²) < 4.78 is 0. The molecule has 0 radical (unpaired) electrons. The van der Waals surface area contributed by atoms with Crippen LogP contribution in [0, 0.1) is 0 Å². The Kier molecular flexibility index (Phi) is 11.3. The monoisotopic (exact) mass is 473 g/mol. The minimum Gasteiger partial charge on any atom is -0.370 e. The molecule has 0 saturated heterocycles. The first-order valence-electron chi connectivity index (χ1n) is 12.0. The van der Waals surface area contributed by atoms with Crippen molar-refractivity contribution < 1.29 is 14.4 Å². The molecular weight excluding hydrogens is 434 g/mol. The number of amides is 3. The third kappa shape index (κ3) is 9.78. The van der Waals surface area contributed by atoms with Crippen LogP contribution >= 0.6 is 0 Å². The number of guanidine groups is 1. The van der Waals surface area contributed by atoms with Crippen LogP contribution in [0.3, 0.4) is 0 Å². The van der Waals surface area contributed by atoms with E-state index in [-0.39, 0.29) is 17.9 Å². The molecule has 0 unspecified atom stereocenters. The van der Waals surface area contributed by atoms with Gasteiger partial charge < -0.3 is 33.2 Å². The minimum absolute atomic E-state index is 0.0390. The van der Waals surface area contributed by atoms with E-state index in [1.54, 1.807) is 6.92 Å². The number of carbonyl (C=O) groups is 3. The van der Waals surface area contributed by atoms with Gasteiger partial charge in [-0.1, -0.05) is 49.6 Å². The normalized spacial score (nSPS) is 16.5. The third-order valence-electron chi connectivity index (χ3n) is 5.86. The molecule has 188 valence electrons. The van der Waals surface area contributed by atoms with Gasteiger partial charge in [-0.25, -0.2) is 0 Å². The second-order valence-electron chi connectivity index (χ2n) is 8.89. The van der Waals surface area contributed by atoms with Crippen molar-refractivity contribution in [3.8, 4) is 0 Å². The van der Waals surface area contributed by atoms with Gasteiger partial charge in [0.25, 0.3) is 0 Å². The van der Waals surface area contributed by atoms with Crippen molar-refractivity contribution in [2.45, 2.75) is 82.5 Å². The predicted molar refractivity (Wildman–Crippen MR) is 133 cm³/mol. The van der Waals surface area contributed by atoms with Crippen molar-refractivity contribution in [2.75, 3.05) is 6.54 Å². The Hall–Kier alpha value is -3.14. The summed E-state index contributed by atoms with van der Waals surface area (Å²) in [6.45, 7) is 1.86. The number of nitrogens with two attached hydrogens (primary N) is 3. The molecule has 1 aromatic rings. The summed E-state index contributed by atoms with van der Waals surface area (Å²) in [6.07, 6.45) is 6.33. The first kappa shape index (κ1) is 27.1. The van der Waals surface area contributed by atoms with Gasteiger partial charge in [0.2, 0.25) is 17.7 Å². The summed E-state index contributed by atoms with van der Waals surface area (Å²) in [7, 11) is 0. The molecule has 34 heavy (non-hydrogen) atoms. The van der Waals surface area contributed by atoms with Crippen molar-refractivity contribution in [3.05, 3.63) is 35.9 Å². The maximum atomic E-state index is 13.2. The number of hydrogen-bond acceptors (Lipinski definition) is 5. The topological polar surface area (TPSA) is 178 Å². The number of nitrogens with one attached hydrogen (secondary N) is 3. The summed E-state index contributed by atoms with van der Waals surface area (Å²) in [5.74, 6) is -1.16. The molecule has 0 bridgehead atoms. The quantitative estimate of drug-likeness (QED) is 0.142. The van der Waals surface area contributed by atoms with Crippen molar-refractivity contribution in [1.29, 1.82) is 0 Å². The van der Waals surface area contributed by atoms with Crippen LogP contribution in [0.2, 0.25) is 0 Å². The Morgan fingerprint density at radius 3 is 2.24 bits per heavy atom. The molecule has 10 nitrogen and oxygen atoms in total. The highest BCUT2D eigenvalue weighted by Crippen LogP contribution is 2.17. The van der Waals surface area contributed by atoms with E-state index >= 15 is 0 Å². The zero-order valence-corrected chi connectivity index (χ0v) is 20.0. The molecule has 0 aromatic heterocycles. The lowest BCUT2D eigenvalue weighted by Gasteiger charge is -2.27. The number of benzene rings is 1. The van der Waals surface area contributed by atoms with Crippen LogP contribution in [0.15, 0.2) is 35.3 Å². The smallest absolute Gasteiger partial charge is 0.243 e. The molecule has 0 spiro atoms. The number of carbonyl (C=O) groups excluding carboxylic acids is 3. The molecule has 3 amide bonds. The van der Waals surface area contributed by atoms with Gasteiger partial charge in [-0.3, -0.25) is 19.4 Å². The number of hydrogen-bond donors (Lipinski definition) is 6. The van der Waals surface area contributed by atoms with E-state index < -0.39 is 29.9 Å². The first-order chi connectivity index (χ1) is 16.3. The first-order valence-corrected chi connectivity index (χ1v) is 12.0. The maximum Gasteiger partial charge on any atom is 0.243 e. The molecule has 3 atom stereocenters. The lowest BCUT2D eigenvalue weighted by molar-refractivity contribution is -0.132. The number of rotatable bonds is 12. The van der Waals surface area contributed by atoms with Gasteiger partial charge in [-0.2, -0.15) is 0 Å². The second-order valence-corrected chi connectivity index (χ2v) is 8.89. The van der Waals surface area contributed by atoms with Gasteiger partial charge in [0.1, 0.15) is 12.1 Å². The molecule has 1 fully saturated rings. The van der Waals surface area contributed by atoms with E-state index in [1.807, 2.05) is 30.3 Å². The number of nitrogens with zero attached hydrogens (tertiary/aromatic N) is 1. The van der Waals surface area contributed by atoms with Crippen LogP contribution < -0.4 is 33.2 Å². The summed E-state index contributed by atoms with van der Waals surface area (Å²) >= 11 is 0. The lowest BCUT2D eigenvalue weighted by Crippen LogP contribution is -2.57. The Balaban J connectivity index is 2.12. The lowest BCUT2D eigenvalue weighted by atomic mass is 9.95. The zero-order valence-electron chi connectivity index (χ0n) is 20.0. The van der Waals surface area contributed by atoms with Crippen molar-refractivity contribution in [3.63, 3.8) is 0 Å². The molecule has 10 heteroatoms. The average molecular weight is 474 g/mol. The average Bonchev–Trinajstić information content (AvgIpc) is 2.81. The summed E-state index contributed by atoms with van der Waals surface area (Å²) in [4.78, 5) is 42.5. The van der Waals surface area contributed by atoms with Crippen molar-refractivity contribution in [2.24, 2.45) is 22.2 Å². The van der Waals surface area contributed by atoms with Gasteiger partial charge in [0.15, 0.2) is 5.96 Å². The molecule has 0 heterocycles. The van der Waals surface area contributed by atoms with Gasteiger partial charge in [0, 0.05) is 19.0 Å². The highest BCUT2D eigenvalue weighted by molar-refractivity contribution is 5.93. The molecule has 2 rings (SSSR count). The van der Waals surface area contributed by atoms with Crippen LogP contribution in [-0.4, -0.2) is 54.4 Å². The largest absolute Gasteiger partial charge is 0.370 e. The van der Waals surface area contributed by atoms with Gasteiger partial charge >= 0.3 is 0 Å². The van der Waals surface area contributed by atoms with E-state index in [2.05, 4.69) is 20.9 Å². The van der Waals surface area contributed by atoms with E-state index in [0.717, 1.165) is 31.2 Å². The molecule has 0 aliphatic heterocycles. The Bertz CT molecular complexity index is 819. The van der Waals surface area contributed by atoms with Gasteiger partial charge in [-0.05, 0) is 38.2 Å². The van der Waals surface area contributed by atoms with E-state index in [0.29, 0.717) is 25.8 Å².